The Morgan fingerprint density at radius 1 is 0.969 bits per heavy atom. The van der Waals surface area contributed by atoms with Gasteiger partial charge in [0.1, 0.15) is 5.75 Å². The van der Waals surface area contributed by atoms with Gasteiger partial charge in [0.25, 0.3) is 15.9 Å². The van der Waals surface area contributed by atoms with E-state index < -0.39 is 33.4 Å². The van der Waals surface area contributed by atoms with Crippen LogP contribution in [-0.4, -0.2) is 21.4 Å². The van der Waals surface area contributed by atoms with Gasteiger partial charge in [0.2, 0.25) is 0 Å². The standard InChI is InChI=1S/C21H16ClF3N2O4S/c1-31-19-11-10-15(12-18(19)26-20(28)13-6-8-14(22)9-7-13)32(29,30)27-17-5-3-2-4-16(17)21(23,24)25/h2-12,27H,1H3,(H,26,28). The minimum atomic E-state index is -4.75. The molecule has 0 unspecified atom stereocenters. The van der Waals surface area contributed by atoms with Gasteiger partial charge in [0.05, 0.1) is 28.9 Å². The number of hydrogen-bond acceptors (Lipinski definition) is 4. The Bertz CT molecular complexity index is 1250. The van der Waals surface area contributed by atoms with Crippen LogP contribution in [0.15, 0.2) is 71.6 Å². The summed E-state index contributed by atoms with van der Waals surface area (Å²) in [7, 11) is -3.11. The van der Waals surface area contributed by atoms with E-state index in [2.05, 4.69) is 5.32 Å². The zero-order valence-corrected chi connectivity index (χ0v) is 18.0. The molecule has 3 rings (SSSR count). The Hall–Kier alpha value is -3.24. The van der Waals surface area contributed by atoms with Crippen molar-refractivity contribution in [1.82, 2.24) is 0 Å². The van der Waals surface area contributed by atoms with E-state index in [4.69, 9.17) is 16.3 Å². The number of nitrogens with one attached hydrogen (secondary N) is 2. The predicted octanol–water partition coefficient (Wildman–Crippen LogP) is 5.42. The van der Waals surface area contributed by atoms with Crippen LogP contribution in [0.5, 0.6) is 5.75 Å². The fraction of sp³-hybridized carbons (Fsp3) is 0.0952. The Morgan fingerprint density at radius 2 is 1.62 bits per heavy atom. The molecular formula is C21H16ClF3N2O4S. The maximum Gasteiger partial charge on any atom is 0.418 e. The van der Waals surface area contributed by atoms with Crippen molar-refractivity contribution in [2.45, 2.75) is 11.1 Å². The number of benzene rings is 3. The van der Waals surface area contributed by atoms with Crippen molar-refractivity contribution in [3.05, 3.63) is 82.9 Å². The molecule has 0 spiro atoms. The zero-order chi connectivity index (χ0) is 23.5. The summed E-state index contributed by atoms with van der Waals surface area (Å²) in [4.78, 5) is 12.1. The molecule has 0 aromatic heterocycles. The number of rotatable bonds is 6. The van der Waals surface area contributed by atoms with Gasteiger partial charge in [-0.2, -0.15) is 13.2 Å². The average Bonchev–Trinajstić information content (AvgIpc) is 2.73. The van der Waals surface area contributed by atoms with E-state index in [9.17, 15) is 26.4 Å². The fourth-order valence-corrected chi connectivity index (χ4v) is 4.00. The summed E-state index contributed by atoms with van der Waals surface area (Å²) in [5.41, 5.74) is -1.49. The average molecular weight is 485 g/mol. The summed E-state index contributed by atoms with van der Waals surface area (Å²) >= 11 is 5.81. The zero-order valence-electron chi connectivity index (χ0n) is 16.4. The highest BCUT2D eigenvalue weighted by Crippen LogP contribution is 2.36. The highest BCUT2D eigenvalue weighted by molar-refractivity contribution is 7.92. The van der Waals surface area contributed by atoms with Gasteiger partial charge < -0.3 is 10.1 Å². The summed E-state index contributed by atoms with van der Waals surface area (Å²) in [6.45, 7) is 0. The van der Waals surface area contributed by atoms with E-state index in [1.807, 2.05) is 4.72 Å². The lowest BCUT2D eigenvalue weighted by atomic mass is 10.2. The molecule has 11 heteroatoms. The van der Waals surface area contributed by atoms with Gasteiger partial charge in [-0.1, -0.05) is 23.7 Å². The van der Waals surface area contributed by atoms with Crippen molar-refractivity contribution in [3.63, 3.8) is 0 Å². The van der Waals surface area contributed by atoms with Crippen LogP contribution in [0.3, 0.4) is 0 Å². The second-order valence-corrected chi connectivity index (χ2v) is 8.59. The third-order valence-corrected chi connectivity index (χ3v) is 5.93. The molecule has 0 aliphatic heterocycles. The molecule has 0 heterocycles. The van der Waals surface area contributed by atoms with Gasteiger partial charge in [-0.3, -0.25) is 9.52 Å². The van der Waals surface area contributed by atoms with Crippen molar-refractivity contribution in [2.24, 2.45) is 0 Å². The van der Waals surface area contributed by atoms with Crippen LogP contribution in [0.1, 0.15) is 15.9 Å². The quantitative estimate of drug-likeness (QED) is 0.489. The Kier molecular flexibility index (Phi) is 6.65. The summed E-state index contributed by atoms with van der Waals surface area (Å²) in [6, 6.07) is 13.7. The predicted molar refractivity (Wildman–Crippen MR) is 115 cm³/mol. The highest BCUT2D eigenvalue weighted by atomic mass is 35.5. The molecule has 0 aliphatic carbocycles. The number of amides is 1. The van der Waals surface area contributed by atoms with E-state index in [1.54, 1.807) is 0 Å². The van der Waals surface area contributed by atoms with Gasteiger partial charge in [-0.25, -0.2) is 8.42 Å². The molecule has 0 bridgehead atoms. The number of ether oxygens (including phenoxy) is 1. The molecule has 0 radical (unpaired) electrons. The first-order valence-electron chi connectivity index (χ1n) is 8.95. The van der Waals surface area contributed by atoms with E-state index in [1.165, 1.54) is 43.5 Å². The number of methoxy groups -OCH3 is 1. The van der Waals surface area contributed by atoms with Gasteiger partial charge in [0, 0.05) is 10.6 Å². The minimum Gasteiger partial charge on any atom is -0.495 e. The molecule has 0 atom stereocenters. The Morgan fingerprint density at radius 3 is 2.25 bits per heavy atom. The fourth-order valence-electron chi connectivity index (χ4n) is 2.77. The molecule has 0 saturated heterocycles. The number of halogens is 4. The van der Waals surface area contributed by atoms with Crippen molar-refractivity contribution < 1.29 is 31.1 Å². The first kappa shape index (κ1) is 23.4. The molecule has 0 fully saturated rings. The molecule has 3 aromatic carbocycles. The van der Waals surface area contributed by atoms with Gasteiger partial charge in [-0.05, 0) is 54.6 Å². The topological polar surface area (TPSA) is 84.5 Å². The maximum absolute atomic E-state index is 13.2. The number of hydrogen-bond donors (Lipinski definition) is 2. The second kappa shape index (κ2) is 9.09. The first-order chi connectivity index (χ1) is 15.0. The Labute approximate surface area is 187 Å². The number of alkyl halides is 3. The van der Waals surface area contributed by atoms with Crippen molar-refractivity contribution in [3.8, 4) is 5.75 Å². The lowest BCUT2D eigenvalue weighted by Crippen LogP contribution is -2.18. The highest BCUT2D eigenvalue weighted by Gasteiger charge is 2.34. The summed E-state index contributed by atoms with van der Waals surface area (Å²) < 4.78 is 72.3. The van der Waals surface area contributed by atoms with E-state index in [0.717, 1.165) is 30.3 Å². The third kappa shape index (κ3) is 5.32. The summed E-state index contributed by atoms with van der Waals surface area (Å²) in [6.07, 6.45) is -4.75. The van der Waals surface area contributed by atoms with Crippen molar-refractivity contribution >= 4 is 38.9 Å². The van der Waals surface area contributed by atoms with Gasteiger partial charge in [-0.15, -0.1) is 0 Å². The molecule has 3 aromatic rings. The molecule has 2 N–H and O–H groups in total. The molecule has 32 heavy (non-hydrogen) atoms. The number of sulfonamides is 1. The van der Waals surface area contributed by atoms with Crippen molar-refractivity contribution in [2.75, 3.05) is 17.1 Å². The second-order valence-electron chi connectivity index (χ2n) is 6.47. The molecule has 0 aliphatic rings. The molecule has 6 nitrogen and oxygen atoms in total. The smallest absolute Gasteiger partial charge is 0.418 e. The number of anilines is 2. The normalized spacial score (nSPS) is 11.7. The Balaban J connectivity index is 1.93. The van der Waals surface area contributed by atoms with Crippen LogP contribution >= 0.6 is 11.6 Å². The number of carbonyl (C=O) groups is 1. The van der Waals surface area contributed by atoms with Crippen molar-refractivity contribution in [1.29, 1.82) is 0 Å². The lowest BCUT2D eigenvalue weighted by molar-refractivity contribution is -0.136. The van der Waals surface area contributed by atoms with Crippen LogP contribution in [-0.2, 0) is 16.2 Å². The van der Waals surface area contributed by atoms with Crippen LogP contribution in [0, 0.1) is 0 Å². The summed E-state index contributed by atoms with van der Waals surface area (Å²) in [5.74, 6) is -0.410. The van der Waals surface area contributed by atoms with Crippen LogP contribution in [0.25, 0.3) is 0 Å². The van der Waals surface area contributed by atoms with Gasteiger partial charge in [0.15, 0.2) is 0 Å². The molecule has 168 valence electrons. The number of para-hydroxylation sites is 1. The molecule has 1 amide bonds. The maximum atomic E-state index is 13.2. The van der Waals surface area contributed by atoms with Crippen LogP contribution in [0.4, 0.5) is 24.5 Å². The number of carbonyl (C=O) groups excluding carboxylic acids is 1. The SMILES string of the molecule is COc1ccc(S(=O)(=O)Nc2ccccc2C(F)(F)F)cc1NC(=O)c1ccc(Cl)cc1. The molecular weight excluding hydrogens is 469 g/mol. The van der Waals surface area contributed by atoms with E-state index in [-0.39, 0.29) is 21.9 Å². The van der Waals surface area contributed by atoms with E-state index >= 15 is 0 Å². The first-order valence-corrected chi connectivity index (χ1v) is 10.8. The largest absolute Gasteiger partial charge is 0.495 e. The monoisotopic (exact) mass is 484 g/mol. The van der Waals surface area contributed by atoms with Crippen LogP contribution in [0.2, 0.25) is 5.02 Å². The summed E-state index contributed by atoms with van der Waals surface area (Å²) in [5, 5.41) is 2.96. The third-order valence-electron chi connectivity index (χ3n) is 4.31. The lowest BCUT2D eigenvalue weighted by Gasteiger charge is -2.16. The van der Waals surface area contributed by atoms with Crippen LogP contribution < -0.4 is 14.8 Å². The van der Waals surface area contributed by atoms with Gasteiger partial charge >= 0.3 is 6.18 Å². The van der Waals surface area contributed by atoms with E-state index in [0.29, 0.717) is 5.02 Å². The molecule has 0 saturated carbocycles. The minimum absolute atomic E-state index is 0.0134.